The van der Waals surface area contributed by atoms with Gasteiger partial charge in [0.05, 0.1) is 24.5 Å². The summed E-state index contributed by atoms with van der Waals surface area (Å²) in [5.74, 6) is -0.340. The smallest absolute Gasteiger partial charge is 0.319 e. The fourth-order valence-corrected chi connectivity index (χ4v) is 6.26. The minimum Gasteiger partial charge on any atom is -0.491 e. The highest BCUT2D eigenvalue weighted by Crippen LogP contribution is 2.40. The van der Waals surface area contributed by atoms with Gasteiger partial charge in [0.1, 0.15) is 18.5 Å². The number of benzene rings is 3. The van der Waals surface area contributed by atoms with Crippen LogP contribution in [-0.4, -0.2) is 79.1 Å². The Labute approximate surface area is 283 Å². The van der Waals surface area contributed by atoms with Crippen LogP contribution in [0, 0.1) is 0 Å². The van der Waals surface area contributed by atoms with E-state index in [2.05, 4.69) is 37.6 Å². The van der Waals surface area contributed by atoms with E-state index in [1.165, 1.54) is 0 Å². The number of ether oxygens (including phenoxy) is 3. The van der Waals surface area contributed by atoms with Gasteiger partial charge in [-0.15, -0.1) is 0 Å². The minimum atomic E-state index is -1.09. The Balaban J connectivity index is 0.947. The first-order chi connectivity index (χ1) is 22.3. The molecule has 2 atom stereocenters. The Morgan fingerprint density at radius 3 is 2.46 bits per heavy atom. The molecule has 2 fully saturated rings. The van der Waals surface area contributed by atoms with Crippen LogP contribution in [0.3, 0.4) is 0 Å². The lowest BCUT2D eigenvalue weighted by Crippen LogP contribution is -2.48. The molecule has 46 heavy (non-hydrogen) atoms. The third-order valence-electron chi connectivity index (χ3n) is 7.98. The number of halogens is 3. The lowest BCUT2D eigenvalue weighted by Gasteiger charge is -2.36. The fraction of sp³-hybridized carbons (Fsp3) is 0.333. The van der Waals surface area contributed by atoms with Gasteiger partial charge in [0.25, 0.3) is 0 Å². The van der Waals surface area contributed by atoms with Gasteiger partial charge in [0.15, 0.2) is 0 Å². The molecule has 3 aromatic carbocycles. The molecule has 0 saturated carbocycles. The van der Waals surface area contributed by atoms with Gasteiger partial charge in [0.2, 0.25) is 5.79 Å². The lowest BCUT2D eigenvalue weighted by atomic mass is 10.1. The summed E-state index contributed by atoms with van der Waals surface area (Å²) in [4.78, 5) is 21.0. The molecule has 2 amide bonds. The third kappa shape index (κ3) is 8.25. The molecule has 242 valence electrons. The highest BCUT2D eigenvalue weighted by Gasteiger charge is 2.45. The van der Waals surface area contributed by atoms with Crippen LogP contribution in [0.2, 0.25) is 15.1 Å². The number of carbonyl (C=O) groups is 1. The Morgan fingerprint density at radius 2 is 1.74 bits per heavy atom. The second-order valence-electron chi connectivity index (χ2n) is 11.2. The molecule has 13 heteroatoms. The van der Waals surface area contributed by atoms with E-state index in [1.54, 1.807) is 48.9 Å². The molecule has 2 unspecified atom stereocenters. The van der Waals surface area contributed by atoms with E-state index in [-0.39, 0.29) is 12.1 Å². The van der Waals surface area contributed by atoms with Gasteiger partial charge in [-0.1, -0.05) is 40.9 Å². The van der Waals surface area contributed by atoms with Crippen molar-refractivity contribution in [3.05, 3.63) is 106 Å². The largest absolute Gasteiger partial charge is 0.491 e. The number of hydrogen-bond donors (Lipinski definition) is 2. The van der Waals surface area contributed by atoms with Crippen LogP contribution in [0.5, 0.6) is 5.75 Å². The average Bonchev–Trinajstić information content (AvgIpc) is 3.72. The number of piperazine rings is 1. The number of hydrogen-bond acceptors (Lipinski definition) is 7. The number of imidazole rings is 1. The predicted octanol–water partition coefficient (Wildman–Crippen LogP) is 6.13. The topological polar surface area (TPSA) is 93.1 Å². The molecule has 2 N–H and O–H groups in total. The predicted molar refractivity (Wildman–Crippen MR) is 180 cm³/mol. The maximum Gasteiger partial charge on any atom is 0.319 e. The normalized spacial score (nSPS) is 20.1. The molecule has 0 radical (unpaired) electrons. The van der Waals surface area contributed by atoms with Crippen LogP contribution in [-0.2, 0) is 21.8 Å². The molecule has 10 nitrogen and oxygen atoms in total. The van der Waals surface area contributed by atoms with Crippen molar-refractivity contribution >= 4 is 52.2 Å². The van der Waals surface area contributed by atoms with Crippen molar-refractivity contribution in [2.24, 2.45) is 0 Å². The first-order valence-corrected chi connectivity index (χ1v) is 16.2. The Morgan fingerprint density at radius 1 is 0.978 bits per heavy atom. The molecule has 6 rings (SSSR count). The summed E-state index contributed by atoms with van der Waals surface area (Å²) in [6.07, 6.45) is 4.97. The molecule has 3 heterocycles. The molecule has 2 aliphatic rings. The number of urea groups is 1. The maximum atomic E-state index is 12.2. The Bertz CT molecular complexity index is 1580. The van der Waals surface area contributed by atoms with E-state index < -0.39 is 5.79 Å². The third-order valence-corrected chi connectivity index (χ3v) is 8.78. The lowest BCUT2D eigenvalue weighted by molar-refractivity contribution is -0.189. The van der Waals surface area contributed by atoms with Crippen LogP contribution >= 0.6 is 34.8 Å². The van der Waals surface area contributed by atoms with Gasteiger partial charge in [-0.2, -0.15) is 0 Å². The first-order valence-electron chi connectivity index (χ1n) is 15.1. The zero-order chi connectivity index (χ0) is 31.9. The molecule has 4 aromatic rings. The van der Waals surface area contributed by atoms with Crippen molar-refractivity contribution in [2.45, 2.75) is 18.4 Å². The van der Waals surface area contributed by atoms with Crippen molar-refractivity contribution in [1.29, 1.82) is 0 Å². The Hall–Kier alpha value is -3.51. The van der Waals surface area contributed by atoms with Gasteiger partial charge in [0, 0.05) is 78.6 Å². The first kappa shape index (κ1) is 32.4. The summed E-state index contributed by atoms with van der Waals surface area (Å²) < 4.78 is 20.8. The number of carbonyl (C=O) groups excluding carboxylic acids is 1. The standard InChI is InChI=1S/C33H35Cl3N6O4/c34-24-1-4-26(5-2-24)39-32(43)38-12-14-40-15-17-42(18-16-40)27-6-8-28(9-7-27)44-20-29-21-45-33(46-29,22-41-13-11-37-23-41)30-10-3-25(35)19-31(30)36/h1-11,13,19,23,29H,12,14-18,20-22H2,(H2,38,39,43). The van der Waals surface area contributed by atoms with Crippen LogP contribution in [0.25, 0.3) is 0 Å². The maximum absolute atomic E-state index is 12.2. The van der Waals surface area contributed by atoms with Gasteiger partial charge < -0.3 is 34.3 Å². The van der Waals surface area contributed by atoms with E-state index in [0.29, 0.717) is 52.6 Å². The molecular formula is C33H35Cl3N6O4. The molecule has 0 aliphatic carbocycles. The zero-order valence-corrected chi connectivity index (χ0v) is 27.3. The monoisotopic (exact) mass is 684 g/mol. The summed E-state index contributed by atoms with van der Waals surface area (Å²) in [5.41, 5.74) is 2.55. The van der Waals surface area contributed by atoms with Crippen molar-refractivity contribution < 1.29 is 19.0 Å². The minimum absolute atomic E-state index is 0.227. The highest BCUT2D eigenvalue weighted by molar-refractivity contribution is 6.35. The van der Waals surface area contributed by atoms with Gasteiger partial charge in [-0.25, -0.2) is 9.78 Å². The second-order valence-corrected chi connectivity index (χ2v) is 12.5. The summed E-state index contributed by atoms with van der Waals surface area (Å²) in [7, 11) is 0. The van der Waals surface area contributed by atoms with Gasteiger partial charge in [-0.3, -0.25) is 4.90 Å². The van der Waals surface area contributed by atoms with E-state index in [4.69, 9.17) is 49.0 Å². The fourth-order valence-electron chi connectivity index (χ4n) is 5.58. The molecular weight excluding hydrogens is 651 g/mol. The molecule has 0 bridgehead atoms. The van der Waals surface area contributed by atoms with Crippen LogP contribution < -0.4 is 20.3 Å². The van der Waals surface area contributed by atoms with Crippen molar-refractivity contribution in [2.75, 3.05) is 62.7 Å². The van der Waals surface area contributed by atoms with Crippen molar-refractivity contribution in [1.82, 2.24) is 19.8 Å². The number of nitrogens with one attached hydrogen (secondary N) is 2. The van der Waals surface area contributed by atoms with Crippen molar-refractivity contribution in [3.8, 4) is 5.75 Å². The van der Waals surface area contributed by atoms with Crippen LogP contribution in [0.4, 0.5) is 16.2 Å². The van der Waals surface area contributed by atoms with E-state index >= 15 is 0 Å². The SMILES string of the molecule is O=C(NCCN1CCN(c2ccc(OCC3COC(Cn4ccnc4)(c4ccc(Cl)cc4Cl)O3)cc2)CC1)Nc1ccc(Cl)cc1. The molecule has 1 aromatic heterocycles. The van der Waals surface area contributed by atoms with E-state index in [0.717, 1.165) is 44.2 Å². The zero-order valence-electron chi connectivity index (χ0n) is 25.1. The summed E-state index contributed by atoms with van der Waals surface area (Å²) in [6, 6.07) is 20.2. The molecule has 2 saturated heterocycles. The number of amides is 2. The summed E-state index contributed by atoms with van der Waals surface area (Å²) in [5, 5.41) is 7.38. The summed E-state index contributed by atoms with van der Waals surface area (Å²) >= 11 is 18.6. The Kier molecular flexibility index (Phi) is 10.5. The highest BCUT2D eigenvalue weighted by atomic mass is 35.5. The van der Waals surface area contributed by atoms with Crippen LogP contribution in [0.1, 0.15) is 5.56 Å². The average molecular weight is 686 g/mol. The number of nitrogens with zero attached hydrogens (tertiary/aromatic N) is 4. The van der Waals surface area contributed by atoms with E-state index in [1.807, 2.05) is 29.0 Å². The molecule has 2 aliphatic heterocycles. The van der Waals surface area contributed by atoms with Crippen molar-refractivity contribution in [3.63, 3.8) is 0 Å². The van der Waals surface area contributed by atoms with Gasteiger partial charge in [-0.05, 0) is 60.7 Å². The van der Waals surface area contributed by atoms with Crippen LogP contribution in [0.15, 0.2) is 85.5 Å². The second kappa shape index (κ2) is 14.9. The number of rotatable bonds is 11. The summed E-state index contributed by atoms with van der Waals surface area (Å²) in [6.45, 7) is 6.02. The quantitative estimate of drug-likeness (QED) is 0.196. The van der Waals surface area contributed by atoms with Gasteiger partial charge >= 0.3 is 6.03 Å². The van der Waals surface area contributed by atoms with E-state index in [9.17, 15) is 4.79 Å². The number of anilines is 2. The molecule has 0 spiro atoms. The number of aromatic nitrogens is 2.